The lowest BCUT2D eigenvalue weighted by atomic mass is 10.1. The maximum atomic E-state index is 13.3. The zero-order valence-electron chi connectivity index (χ0n) is 26.9. The summed E-state index contributed by atoms with van der Waals surface area (Å²) >= 11 is 11.0. The monoisotopic (exact) mass is 731 g/mol. The van der Waals surface area contributed by atoms with Gasteiger partial charge in [0.1, 0.15) is 11.6 Å². The molecule has 0 radical (unpaired) electrons. The number of carbonyl (C=O) groups excluding carboxylic acids is 1. The number of phenols is 1. The van der Waals surface area contributed by atoms with Crippen molar-refractivity contribution in [2.45, 2.75) is 39.8 Å². The number of hydrogen-bond donors (Lipinski definition) is 4. The van der Waals surface area contributed by atoms with Crippen molar-refractivity contribution in [2.75, 3.05) is 23.9 Å². The lowest BCUT2D eigenvalue weighted by Gasteiger charge is -2.18. The van der Waals surface area contributed by atoms with Gasteiger partial charge in [-0.1, -0.05) is 59.8 Å². The molecular weight excluding hydrogens is 698 g/mol. The molecule has 6 aromatic rings. The van der Waals surface area contributed by atoms with E-state index >= 15 is 0 Å². The van der Waals surface area contributed by atoms with Gasteiger partial charge >= 0.3 is 6.03 Å². The summed E-state index contributed by atoms with van der Waals surface area (Å²) in [6.45, 7) is 4.50. The Balaban J connectivity index is 1.20. The van der Waals surface area contributed by atoms with Gasteiger partial charge in [0.15, 0.2) is 11.5 Å². The first-order valence-electron chi connectivity index (χ1n) is 15.3. The molecule has 2 amide bonds. The molecule has 0 aliphatic rings. The van der Waals surface area contributed by atoms with Crippen LogP contribution in [0, 0.1) is 0 Å². The van der Waals surface area contributed by atoms with E-state index in [0.29, 0.717) is 17.3 Å². The van der Waals surface area contributed by atoms with Crippen molar-refractivity contribution in [3.05, 3.63) is 107 Å². The molecule has 0 unspecified atom stereocenters. The van der Waals surface area contributed by atoms with E-state index in [1.807, 2.05) is 83.6 Å². The van der Waals surface area contributed by atoms with Crippen LogP contribution in [0.4, 0.5) is 10.6 Å². The maximum Gasteiger partial charge on any atom is 0.320 e. The van der Waals surface area contributed by atoms with Crippen LogP contribution < -0.4 is 10.6 Å². The number of aromatic nitrogens is 5. The van der Waals surface area contributed by atoms with Gasteiger partial charge in [0.05, 0.1) is 27.8 Å². The minimum Gasteiger partial charge on any atom is -0.506 e. The standard InChI is InChI=1S/C35H34ClN7O3S3/c1-35(2,47-3)30-19-32(43(41-30)23-12-14-27(45)26(36)18-23)38-34(46)37-20-22-8-4-6-10-28(22)49-24-13-15-31-39-40-33(42(31)21-24)25-9-5-7-11-29(25)48-17-16-44/h4-15,18-19,21,44-45H,16-17,20H2,1-3H3,(H2,37,38,46). The smallest absolute Gasteiger partial charge is 0.320 e. The molecule has 0 aliphatic heterocycles. The highest BCUT2D eigenvalue weighted by atomic mass is 35.5. The van der Waals surface area contributed by atoms with Crippen LogP contribution in [-0.2, 0) is 11.3 Å². The van der Waals surface area contributed by atoms with Gasteiger partial charge < -0.3 is 15.5 Å². The van der Waals surface area contributed by atoms with Gasteiger partial charge in [0, 0.05) is 44.8 Å². The molecule has 3 heterocycles. The maximum absolute atomic E-state index is 13.3. The second kappa shape index (κ2) is 15.2. The average molecular weight is 732 g/mol. The number of urea groups is 1. The molecular formula is C35H34ClN7O3S3. The van der Waals surface area contributed by atoms with E-state index in [1.165, 1.54) is 6.07 Å². The Morgan fingerprint density at radius 2 is 1.76 bits per heavy atom. The zero-order chi connectivity index (χ0) is 34.5. The molecule has 0 bridgehead atoms. The third kappa shape index (κ3) is 7.86. The molecule has 0 spiro atoms. The van der Waals surface area contributed by atoms with Crippen LogP contribution in [0.3, 0.4) is 0 Å². The summed E-state index contributed by atoms with van der Waals surface area (Å²) in [5, 5.41) is 39.1. The molecule has 49 heavy (non-hydrogen) atoms. The van der Waals surface area contributed by atoms with Gasteiger partial charge in [-0.05, 0) is 68.1 Å². The molecule has 3 aromatic carbocycles. The van der Waals surface area contributed by atoms with Crippen LogP contribution in [0.1, 0.15) is 25.1 Å². The Labute approximate surface area is 301 Å². The van der Waals surface area contributed by atoms with E-state index < -0.39 is 6.03 Å². The number of aliphatic hydroxyl groups excluding tert-OH is 1. The Bertz CT molecular complexity index is 2120. The SMILES string of the molecule is CSC(C)(C)c1cc(NC(=O)NCc2ccccc2Sc2ccc3nnc(-c4ccccc4SCCO)n3c2)n(-c2ccc(O)c(Cl)c2)n1. The Morgan fingerprint density at radius 1 is 0.980 bits per heavy atom. The average Bonchev–Trinajstić information content (AvgIpc) is 3.73. The summed E-state index contributed by atoms with van der Waals surface area (Å²) in [7, 11) is 0. The molecule has 0 fully saturated rings. The molecule has 10 nitrogen and oxygen atoms in total. The highest BCUT2D eigenvalue weighted by Crippen LogP contribution is 2.36. The zero-order valence-corrected chi connectivity index (χ0v) is 30.1. The predicted octanol–water partition coefficient (Wildman–Crippen LogP) is 8.10. The quantitative estimate of drug-likeness (QED) is 0.0923. The number of amides is 2. The number of nitrogens with one attached hydrogen (secondary N) is 2. The van der Waals surface area contributed by atoms with Crippen molar-refractivity contribution in [3.63, 3.8) is 0 Å². The van der Waals surface area contributed by atoms with E-state index in [0.717, 1.165) is 43.0 Å². The van der Waals surface area contributed by atoms with Gasteiger partial charge in [-0.2, -0.15) is 16.9 Å². The lowest BCUT2D eigenvalue weighted by Crippen LogP contribution is -2.29. The number of fused-ring (bicyclic) bond motifs is 1. The van der Waals surface area contributed by atoms with Crippen LogP contribution in [0.5, 0.6) is 5.75 Å². The van der Waals surface area contributed by atoms with Crippen molar-refractivity contribution in [1.29, 1.82) is 0 Å². The first kappa shape index (κ1) is 34.7. The van der Waals surface area contributed by atoms with Gasteiger partial charge in [0.2, 0.25) is 0 Å². The normalized spacial score (nSPS) is 11.6. The molecule has 0 atom stereocenters. The highest BCUT2D eigenvalue weighted by molar-refractivity contribution is 7.99. The van der Waals surface area contributed by atoms with Crippen molar-refractivity contribution in [3.8, 4) is 22.8 Å². The fourth-order valence-corrected chi connectivity index (χ4v) is 7.20. The predicted molar refractivity (Wildman–Crippen MR) is 199 cm³/mol. The van der Waals surface area contributed by atoms with Gasteiger partial charge in [-0.25, -0.2) is 9.48 Å². The summed E-state index contributed by atoms with van der Waals surface area (Å²) in [5.41, 5.74) is 4.00. The number of carbonyl (C=O) groups is 1. The Hall–Kier alpha value is -4.14. The number of thioether (sulfide) groups is 2. The van der Waals surface area contributed by atoms with Crippen LogP contribution in [0.2, 0.25) is 5.02 Å². The number of benzene rings is 3. The Morgan fingerprint density at radius 3 is 2.53 bits per heavy atom. The molecule has 6 rings (SSSR count). The summed E-state index contributed by atoms with van der Waals surface area (Å²) in [6, 6.07) is 26.1. The third-order valence-electron chi connectivity index (χ3n) is 7.75. The largest absolute Gasteiger partial charge is 0.506 e. The molecule has 3 aromatic heterocycles. The van der Waals surface area contributed by atoms with Crippen molar-refractivity contribution in [1.82, 2.24) is 29.7 Å². The number of rotatable bonds is 12. The number of anilines is 1. The van der Waals surface area contributed by atoms with Crippen molar-refractivity contribution in [2.24, 2.45) is 0 Å². The number of halogens is 1. The number of pyridine rings is 1. The molecule has 252 valence electrons. The summed E-state index contributed by atoms with van der Waals surface area (Å²) in [6.07, 6.45) is 4.03. The van der Waals surface area contributed by atoms with Crippen LogP contribution in [0.25, 0.3) is 22.7 Å². The van der Waals surface area contributed by atoms with Gasteiger partial charge in [-0.3, -0.25) is 9.72 Å². The van der Waals surface area contributed by atoms with Crippen LogP contribution in [0.15, 0.2) is 106 Å². The Kier molecular flexibility index (Phi) is 10.8. The topological polar surface area (TPSA) is 130 Å². The summed E-state index contributed by atoms with van der Waals surface area (Å²) in [5.74, 6) is 1.74. The second-order valence-electron chi connectivity index (χ2n) is 11.4. The second-order valence-corrected chi connectivity index (χ2v) is 15.5. The summed E-state index contributed by atoms with van der Waals surface area (Å²) < 4.78 is 3.28. The third-order valence-corrected chi connectivity index (χ3v) is 11.4. The van der Waals surface area contributed by atoms with E-state index in [2.05, 4.69) is 34.7 Å². The van der Waals surface area contributed by atoms with E-state index in [9.17, 15) is 15.0 Å². The van der Waals surface area contributed by atoms with Crippen LogP contribution in [-0.4, -0.2) is 59.2 Å². The molecule has 4 N–H and O–H groups in total. The fourth-order valence-electron chi connectivity index (χ4n) is 4.95. The van der Waals surface area contributed by atoms with E-state index in [-0.39, 0.29) is 28.7 Å². The van der Waals surface area contributed by atoms with Crippen molar-refractivity contribution >= 4 is 64.4 Å². The van der Waals surface area contributed by atoms with Gasteiger partial charge in [0.25, 0.3) is 0 Å². The molecule has 0 saturated heterocycles. The number of hydrogen-bond acceptors (Lipinski definition) is 9. The van der Waals surface area contributed by atoms with Gasteiger partial charge in [-0.15, -0.1) is 22.0 Å². The van der Waals surface area contributed by atoms with Crippen molar-refractivity contribution < 1.29 is 15.0 Å². The number of aromatic hydroxyl groups is 1. The van der Waals surface area contributed by atoms with E-state index in [4.69, 9.17) is 16.7 Å². The highest BCUT2D eigenvalue weighted by Gasteiger charge is 2.25. The first-order chi connectivity index (χ1) is 23.7. The molecule has 14 heteroatoms. The lowest BCUT2D eigenvalue weighted by molar-refractivity contribution is 0.251. The fraction of sp³-hybridized carbons (Fsp3) is 0.200. The number of phenolic OH excluding ortho intramolecular Hbond substituents is 1. The minimum absolute atomic E-state index is 0.0354. The van der Waals surface area contributed by atoms with Crippen LogP contribution >= 0.6 is 46.9 Å². The summed E-state index contributed by atoms with van der Waals surface area (Å²) in [4.78, 5) is 16.3. The van der Waals surface area contributed by atoms with E-state index in [1.54, 1.807) is 52.1 Å². The number of nitrogens with zero attached hydrogens (tertiary/aromatic N) is 5. The minimum atomic E-state index is -0.396. The molecule has 0 aliphatic carbocycles. The first-order valence-corrected chi connectivity index (χ1v) is 18.7. The molecule has 0 saturated carbocycles. The number of aliphatic hydroxyl groups is 1.